The zero-order valence-electron chi connectivity index (χ0n) is 14.8. The number of benzene rings is 1. The van der Waals surface area contributed by atoms with E-state index in [0.717, 1.165) is 12.8 Å². The largest absolute Gasteiger partial charge is 0.338 e. The number of thioether (sulfide) groups is 1. The number of hydrogen-bond acceptors (Lipinski definition) is 7. The SMILES string of the molecule is O=S(=O)(c1ccc(SCc2nc(-c3ccc(F)cc3)no2)nc1)N1CCCC1. The lowest BCUT2D eigenvalue weighted by Gasteiger charge is -2.15. The molecule has 0 radical (unpaired) electrons. The molecule has 3 heterocycles. The van der Waals surface area contributed by atoms with Gasteiger partial charge in [0.15, 0.2) is 0 Å². The molecular weight excluding hydrogens is 403 g/mol. The highest BCUT2D eigenvalue weighted by molar-refractivity contribution is 7.98. The molecule has 0 bridgehead atoms. The molecule has 0 spiro atoms. The average molecular weight is 420 g/mol. The Morgan fingerprint density at radius 2 is 1.86 bits per heavy atom. The fourth-order valence-corrected chi connectivity index (χ4v) is 4.99. The summed E-state index contributed by atoms with van der Waals surface area (Å²) in [6.07, 6.45) is 3.17. The zero-order chi connectivity index (χ0) is 19.6. The van der Waals surface area contributed by atoms with Gasteiger partial charge in [-0.3, -0.25) is 0 Å². The summed E-state index contributed by atoms with van der Waals surface area (Å²) in [5.41, 5.74) is 0.663. The molecule has 2 aromatic heterocycles. The lowest BCUT2D eigenvalue weighted by atomic mass is 10.2. The molecule has 7 nitrogen and oxygen atoms in total. The Bertz CT molecular complexity index is 1050. The molecule has 0 N–H and O–H groups in total. The van der Waals surface area contributed by atoms with Crippen LogP contribution in [0.3, 0.4) is 0 Å². The van der Waals surface area contributed by atoms with Crippen LogP contribution in [0.5, 0.6) is 0 Å². The molecule has 0 amide bonds. The molecule has 0 atom stereocenters. The van der Waals surface area contributed by atoms with E-state index in [2.05, 4.69) is 15.1 Å². The minimum Gasteiger partial charge on any atom is -0.338 e. The maximum absolute atomic E-state index is 13.0. The molecule has 28 heavy (non-hydrogen) atoms. The maximum atomic E-state index is 13.0. The Morgan fingerprint density at radius 1 is 1.11 bits per heavy atom. The first-order chi connectivity index (χ1) is 13.5. The van der Waals surface area contributed by atoms with Gasteiger partial charge < -0.3 is 4.52 Å². The molecule has 1 fully saturated rings. The van der Waals surface area contributed by atoms with Crippen LogP contribution >= 0.6 is 11.8 Å². The molecule has 0 saturated carbocycles. The van der Waals surface area contributed by atoms with Gasteiger partial charge in [-0.05, 0) is 49.2 Å². The summed E-state index contributed by atoms with van der Waals surface area (Å²) >= 11 is 1.36. The first-order valence-corrected chi connectivity index (χ1v) is 11.1. The predicted octanol–water partition coefficient (Wildman–Crippen LogP) is 3.35. The molecule has 1 aliphatic rings. The highest BCUT2D eigenvalue weighted by atomic mass is 32.2. The second-order valence-corrected chi connectivity index (χ2v) is 9.18. The van der Waals surface area contributed by atoms with Crippen molar-refractivity contribution < 1.29 is 17.3 Å². The van der Waals surface area contributed by atoms with Gasteiger partial charge in [0.1, 0.15) is 10.7 Å². The molecule has 0 aliphatic carbocycles. The summed E-state index contributed by atoms with van der Waals surface area (Å²) in [6.45, 7) is 1.12. The van der Waals surface area contributed by atoms with Crippen LogP contribution in [0.2, 0.25) is 0 Å². The number of hydrogen-bond donors (Lipinski definition) is 0. The van der Waals surface area contributed by atoms with E-state index in [1.54, 1.807) is 24.3 Å². The third-order valence-electron chi connectivity index (χ3n) is 4.33. The van der Waals surface area contributed by atoms with Crippen molar-refractivity contribution in [2.45, 2.75) is 28.5 Å². The van der Waals surface area contributed by atoms with Crippen molar-refractivity contribution in [3.8, 4) is 11.4 Å². The highest BCUT2D eigenvalue weighted by Crippen LogP contribution is 2.25. The Hall–Kier alpha value is -2.30. The average Bonchev–Trinajstić information content (AvgIpc) is 3.40. The van der Waals surface area contributed by atoms with Crippen LogP contribution in [0.15, 0.2) is 57.0 Å². The topological polar surface area (TPSA) is 89.2 Å². The predicted molar refractivity (Wildman–Crippen MR) is 101 cm³/mol. The van der Waals surface area contributed by atoms with Crippen LogP contribution in [0.4, 0.5) is 4.39 Å². The summed E-state index contributed by atoms with van der Waals surface area (Å²) in [7, 11) is -3.46. The first-order valence-electron chi connectivity index (χ1n) is 8.70. The van der Waals surface area contributed by atoms with Crippen LogP contribution in [0.1, 0.15) is 18.7 Å². The fraction of sp³-hybridized carbons (Fsp3) is 0.278. The molecule has 10 heteroatoms. The van der Waals surface area contributed by atoms with Crippen LogP contribution in [-0.2, 0) is 15.8 Å². The van der Waals surface area contributed by atoms with Gasteiger partial charge in [-0.15, -0.1) is 0 Å². The monoisotopic (exact) mass is 420 g/mol. The second kappa shape index (κ2) is 7.98. The number of nitrogens with zero attached hydrogens (tertiary/aromatic N) is 4. The number of sulfonamides is 1. The van der Waals surface area contributed by atoms with Crippen molar-refractivity contribution >= 4 is 21.8 Å². The van der Waals surface area contributed by atoms with E-state index in [4.69, 9.17) is 4.52 Å². The lowest BCUT2D eigenvalue weighted by Crippen LogP contribution is -2.27. The smallest absolute Gasteiger partial charge is 0.244 e. The van der Waals surface area contributed by atoms with Crippen LogP contribution in [0, 0.1) is 5.82 Å². The molecule has 0 unspecified atom stereocenters. The van der Waals surface area contributed by atoms with Crippen molar-refractivity contribution in [2.75, 3.05) is 13.1 Å². The van der Waals surface area contributed by atoms with E-state index in [0.29, 0.717) is 41.1 Å². The van der Waals surface area contributed by atoms with Crippen molar-refractivity contribution in [3.63, 3.8) is 0 Å². The number of pyridine rings is 1. The standard InChI is InChI=1S/C18H17FN4O3S2/c19-14-5-3-13(4-6-14)18-21-16(26-22-18)12-27-17-8-7-15(11-20-17)28(24,25)23-9-1-2-10-23/h3-8,11H,1-2,9-10,12H2. The molecule has 1 aliphatic heterocycles. The van der Waals surface area contributed by atoms with Gasteiger partial charge in [0.05, 0.1) is 10.8 Å². The molecule has 3 aromatic rings. The van der Waals surface area contributed by atoms with Gasteiger partial charge in [-0.2, -0.15) is 9.29 Å². The van der Waals surface area contributed by atoms with Crippen LogP contribution in [0.25, 0.3) is 11.4 Å². The minimum absolute atomic E-state index is 0.204. The Labute approximate surface area is 166 Å². The van der Waals surface area contributed by atoms with Gasteiger partial charge in [0.25, 0.3) is 0 Å². The normalized spacial score (nSPS) is 15.2. The van der Waals surface area contributed by atoms with Gasteiger partial charge >= 0.3 is 0 Å². The van der Waals surface area contributed by atoms with Crippen molar-refractivity contribution in [3.05, 3.63) is 54.3 Å². The van der Waals surface area contributed by atoms with E-state index in [9.17, 15) is 12.8 Å². The van der Waals surface area contributed by atoms with E-state index >= 15 is 0 Å². The Balaban J connectivity index is 1.40. The zero-order valence-corrected chi connectivity index (χ0v) is 16.4. The third-order valence-corrected chi connectivity index (χ3v) is 7.14. The maximum Gasteiger partial charge on any atom is 0.244 e. The van der Waals surface area contributed by atoms with Gasteiger partial charge in [-0.25, -0.2) is 17.8 Å². The summed E-state index contributed by atoms with van der Waals surface area (Å²) < 4.78 is 44.7. The third kappa shape index (κ3) is 4.08. The van der Waals surface area contributed by atoms with Gasteiger partial charge in [0.2, 0.25) is 21.7 Å². The van der Waals surface area contributed by atoms with Crippen molar-refractivity contribution in [1.82, 2.24) is 19.4 Å². The summed E-state index contributed by atoms with van der Waals surface area (Å²) in [4.78, 5) is 8.72. The summed E-state index contributed by atoms with van der Waals surface area (Å²) in [5.74, 6) is 0.846. The molecule has 1 aromatic carbocycles. The second-order valence-electron chi connectivity index (χ2n) is 6.25. The van der Waals surface area contributed by atoms with Crippen molar-refractivity contribution in [2.24, 2.45) is 0 Å². The number of rotatable bonds is 6. The Morgan fingerprint density at radius 3 is 2.54 bits per heavy atom. The molecule has 1 saturated heterocycles. The van der Waals surface area contributed by atoms with Gasteiger partial charge in [0, 0.05) is 24.8 Å². The fourth-order valence-electron chi connectivity index (χ4n) is 2.85. The van der Waals surface area contributed by atoms with Gasteiger partial charge in [-0.1, -0.05) is 16.9 Å². The quantitative estimate of drug-likeness (QED) is 0.565. The molecular formula is C18H17FN4O3S2. The first kappa shape index (κ1) is 19.0. The number of halogens is 1. The van der Waals surface area contributed by atoms with E-state index in [1.807, 2.05) is 0 Å². The van der Waals surface area contributed by atoms with Crippen LogP contribution in [-0.4, -0.2) is 40.9 Å². The molecule has 146 valence electrons. The highest BCUT2D eigenvalue weighted by Gasteiger charge is 2.27. The van der Waals surface area contributed by atoms with E-state index in [1.165, 1.54) is 34.4 Å². The summed E-state index contributed by atoms with van der Waals surface area (Å²) in [6, 6.07) is 9.07. The lowest BCUT2D eigenvalue weighted by molar-refractivity contribution is 0.391. The van der Waals surface area contributed by atoms with E-state index < -0.39 is 10.0 Å². The summed E-state index contributed by atoms with van der Waals surface area (Å²) in [5, 5.41) is 4.55. The minimum atomic E-state index is -3.46. The van der Waals surface area contributed by atoms with Crippen molar-refractivity contribution in [1.29, 1.82) is 0 Å². The van der Waals surface area contributed by atoms with Crippen LogP contribution < -0.4 is 0 Å². The molecule has 4 rings (SSSR count). The number of aromatic nitrogens is 3. The van der Waals surface area contributed by atoms with E-state index in [-0.39, 0.29) is 10.7 Å². The Kier molecular flexibility index (Phi) is 5.42.